The van der Waals surface area contributed by atoms with E-state index in [2.05, 4.69) is 39.8 Å². The second kappa shape index (κ2) is 10.1. The quantitative estimate of drug-likeness (QED) is 0.497. The van der Waals surface area contributed by atoms with Gasteiger partial charge >= 0.3 is 0 Å². The number of fused-ring (bicyclic) bond motifs is 1. The lowest BCUT2D eigenvalue weighted by Gasteiger charge is -2.44. The Hall–Kier alpha value is -0.900. The van der Waals surface area contributed by atoms with Crippen molar-refractivity contribution in [2.75, 3.05) is 6.61 Å². The molecule has 0 spiro atoms. The van der Waals surface area contributed by atoms with Crippen LogP contribution in [0.2, 0.25) is 0 Å². The van der Waals surface area contributed by atoms with Gasteiger partial charge in [-0.05, 0) is 92.4 Å². The van der Waals surface area contributed by atoms with E-state index in [0.29, 0.717) is 36.2 Å². The van der Waals surface area contributed by atoms with Crippen molar-refractivity contribution in [3.63, 3.8) is 0 Å². The molecule has 3 fully saturated rings. The Morgan fingerprint density at radius 3 is 2.40 bits per heavy atom. The Balaban J connectivity index is 1.72. The van der Waals surface area contributed by atoms with Gasteiger partial charge in [0.25, 0.3) is 0 Å². The van der Waals surface area contributed by atoms with Gasteiger partial charge in [-0.1, -0.05) is 57.1 Å². The average molecular weight is 417 g/mol. The third-order valence-corrected chi connectivity index (χ3v) is 8.29. The van der Waals surface area contributed by atoms with Gasteiger partial charge < -0.3 is 15.3 Å². The fourth-order valence-corrected chi connectivity index (χ4v) is 7.02. The van der Waals surface area contributed by atoms with Crippen LogP contribution in [0.3, 0.4) is 0 Å². The fraction of sp³-hybridized carbons (Fsp3) is 0.778. The zero-order valence-electron chi connectivity index (χ0n) is 19.6. The van der Waals surface area contributed by atoms with E-state index in [4.69, 9.17) is 5.11 Å². The van der Waals surface area contributed by atoms with E-state index in [1.165, 1.54) is 38.5 Å². The van der Waals surface area contributed by atoms with E-state index in [1.807, 2.05) is 0 Å². The van der Waals surface area contributed by atoms with Gasteiger partial charge in [-0.15, -0.1) is 0 Å². The summed E-state index contributed by atoms with van der Waals surface area (Å²) in [5, 5.41) is 29.9. The lowest BCUT2D eigenvalue weighted by Crippen LogP contribution is -2.36. The molecule has 3 saturated carbocycles. The predicted molar refractivity (Wildman–Crippen MR) is 124 cm³/mol. The molecule has 3 N–H and O–H groups in total. The molecule has 3 nitrogen and oxygen atoms in total. The van der Waals surface area contributed by atoms with Crippen molar-refractivity contribution in [1.82, 2.24) is 0 Å². The lowest BCUT2D eigenvalue weighted by molar-refractivity contribution is 0.0893. The molecule has 6 atom stereocenters. The predicted octanol–water partition coefficient (Wildman–Crippen LogP) is 5.56. The molecule has 0 radical (unpaired) electrons. The number of hydrogen-bond donors (Lipinski definition) is 3. The lowest BCUT2D eigenvalue weighted by atomic mass is 9.60. The highest BCUT2D eigenvalue weighted by atomic mass is 16.3. The maximum atomic E-state index is 10.5. The Morgan fingerprint density at radius 1 is 1.07 bits per heavy atom. The van der Waals surface area contributed by atoms with Crippen LogP contribution in [-0.2, 0) is 0 Å². The summed E-state index contributed by atoms with van der Waals surface area (Å²) in [6.07, 6.45) is 14.6. The van der Waals surface area contributed by atoms with Crippen LogP contribution in [0.1, 0.15) is 85.5 Å². The summed E-state index contributed by atoms with van der Waals surface area (Å²) in [5.41, 5.74) is 3.85. The minimum Gasteiger partial charge on any atom is -0.396 e. The molecule has 0 amide bonds. The average Bonchev–Trinajstić information content (AvgIpc) is 3.03. The summed E-state index contributed by atoms with van der Waals surface area (Å²) in [5.74, 6) is 3.09. The first-order valence-electron chi connectivity index (χ1n) is 12.3. The number of aliphatic hydroxyl groups excluding tert-OH is 3. The van der Waals surface area contributed by atoms with E-state index < -0.39 is 12.2 Å². The fourth-order valence-electron chi connectivity index (χ4n) is 7.02. The van der Waals surface area contributed by atoms with Gasteiger partial charge in [0.1, 0.15) is 0 Å². The van der Waals surface area contributed by atoms with E-state index in [1.54, 1.807) is 11.6 Å². The third-order valence-electron chi connectivity index (χ3n) is 8.29. The van der Waals surface area contributed by atoms with Gasteiger partial charge in [-0.2, -0.15) is 0 Å². The summed E-state index contributed by atoms with van der Waals surface area (Å²) < 4.78 is 0. The maximum Gasteiger partial charge on any atom is 0.0812 e. The van der Waals surface area contributed by atoms with Crippen LogP contribution in [0, 0.1) is 29.1 Å². The normalized spacial score (nSPS) is 39.8. The first kappa shape index (κ1) is 23.8. The zero-order chi connectivity index (χ0) is 21.9. The van der Waals surface area contributed by atoms with Crippen molar-refractivity contribution in [3.8, 4) is 0 Å². The molecule has 0 bridgehead atoms. The highest BCUT2D eigenvalue weighted by Crippen LogP contribution is 2.60. The molecule has 3 heteroatoms. The summed E-state index contributed by atoms with van der Waals surface area (Å²) in [4.78, 5) is 0. The second-order valence-electron chi connectivity index (χ2n) is 10.9. The summed E-state index contributed by atoms with van der Waals surface area (Å²) in [6.45, 7) is 9.78. The van der Waals surface area contributed by atoms with Crippen molar-refractivity contribution in [1.29, 1.82) is 0 Å². The molecule has 0 aliphatic heterocycles. The summed E-state index contributed by atoms with van der Waals surface area (Å²) >= 11 is 0. The van der Waals surface area contributed by atoms with Crippen LogP contribution < -0.4 is 0 Å². The van der Waals surface area contributed by atoms with Crippen molar-refractivity contribution in [3.05, 3.63) is 34.9 Å². The largest absolute Gasteiger partial charge is 0.396 e. The molecular weight excluding hydrogens is 372 g/mol. The van der Waals surface area contributed by atoms with Crippen LogP contribution in [0.25, 0.3) is 0 Å². The zero-order valence-corrected chi connectivity index (χ0v) is 19.6. The molecule has 0 saturated heterocycles. The number of aliphatic hydroxyl groups is 3. The highest BCUT2D eigenvalue weighted by molar-refractivity contribution is 5.30. The standard InChI is InChI=1S/C27H44O3/c1-18(2)15-19(3)23-11-12-24-21(7-5-13-27(23,24)4)10-9-20-16-25(29)22(8-6-14-28)26(30)17-20/h8-10,18-19,23-26,28-30H,5-7,11-17H2,1-4H3/b20-9?,21-10+,22-8?/t19-,23?,24?,25+,26?,27+/m0/s1. The number of rotatable bonds is 6. The van der Waals surface area contributed by atoms with Gasteiger partial charge in [-0.3, -0.25) is 0 Å². The van der Waals surface area contributed by atoms with Gasteiger partial charge in [0.05, 0.1) is 12.2 Å². The molecule has 3 rings (SSSR count). The van der Waals surface area contributed by atoms with Gasteiger partial charge in [0, 0.05) is 6.61 Å². The first-order chi connectivity index (χ1) is 14.3. The number of allylic oxidation sites excluding steroid dienone is 3. The van der Waals surface area contributed by atoms with E-state index in [-0.39, 0.29) is 6.61 Å². The monoisotopic (exact) mass is 416 g/mol. The van der Waals surface area contributed by atoms with Crippen LogP contribution in [-0.4, -0.2) is 34.1 Å². The van der Waals surface area contributed by atoms with Crippen molar-refractivity contribution >= 4 is 0 Å². The van der Waals surface area contributed by atoms with Crippen LogP contribution in [0.5, 0.6) is 0 Å². The van der Waals surface area contributed by atoms with Gasteiger partial charge in [0.2, 0.25) is 0 Å². The SMILES string of the molecule is CC(C)C[C@H](C)C1CCC2/C(=C/C=C3CC(O)C(=CCCO)[C@H](O)C3)CCC[C@@]21C. The Bertz CT molecular complexity index is 658. The minimum atomic E-state index is -0.630. The summed E-state index contributed by atoms with van der Waals surface area (Å²) in [7, 11) is 0. The molecule has 0 aromatic heterocycles. The Labute approximate surface area is 184 Å². The molecule has 0 aromatic carbocycles. The van der Waals surface area contributed by atoms with Crippen molar-refractivity contribution in [2.24, 2.45) is 29.1 Å². The van der Waals surface area contributed by atoms with Gasteiger partial charge in [-0.25, -0.2) is 0 Å². The first-order valence-corrected chi connectivity index (χ1v) is 12.3. The van der Waals surface area contributed by atoms with Crippen molar-refractivity contribution < 1.29 is 15.3 Å². The molecule has 0 aromatic rings. The van der Waals surface area contributed by atoms with Gasteiger partial charge in [0.15, 0.2) is 0 Å². The third kappa shape index (κ3) is 5.11. The van der Waals surface area contributed by atoms with E-state index >= 15 is 0 Å². The van der Waals surface area contributed by atoms with Crippen LogP contribution >= 0.6 is 0 Å². The molecule has 0 heterocycles. The molecular formula is C27H44O3. The van der Waals surface area contributed by atoms with Crippen molar-refractivity contribution in [2.45, 2.75) is 97.7 Å². The molecule has 30 heavy (non-hydrogen) atoms. The molecule has 170 valence electrons. The Kier molecular flexibility index (Phi) is 8.03. The topological polar surface area (TPSA) is 60.7 Å². The van der Waals surface area contributed by atoms with Crippen LogP contribution in [0.15, 0.2) is 34.9 Å². The highest BCUT2D eigenvalue weighted by Gasteiger charge is 2.50. The summed E-state index contributed by atoms with van der Waals surface area (Å²) in [6, 6.07) is 0. The maximum absolute atomic E-state index is 10.5. The smallest absolute Gasteiger partial charge is 0.0812 e. The molecule has 3 aliphatic rings. The molecule has 3 unspecified atom stereocenters. The minimum absolute atomic E-state index is 0.0503. The van der Waals surface area contributed by atoms with E-state index in [9.17, 15) is 10.2 Å². The molecule has 3 aliphatic carbocycles. The van der Waals surface area contributed by atoms with Crippen LogP contribution in [0.4, 0.5) is 0 Å². The van der Waals surface area contributed by atoms with E-state index in [0.717, 1.165) is 23.3 Å². The second-order valence-corrected chi connectivity index (χ2v) is 10.9. The Morgan fingerprint density at radius 2 is 1.77 bits per heavy atom. The number of hydrogen-bond acceptors (Lipinski definition) is 3.